The van der Waals surface area contributed by atoms with E-state index in [0.717, 1.165) is 5.56 Å². The molecule has 0 bridgehead atoms. The summed E-state index contributed by atoms with van der Waals surface area (Å²) in [4.78, 5) is 12.3. The molecular weight excluding hydrogens is 264 g/mol. The Balaban J connectivity index is 2.24. The van der Waals surface area contributed by atoms with Crippen LogP contribution >= 0.6 is 11.6 Å². The van der Waals surface area contributed by atoms with Crippen LogP contribution in [0.2, 0.25) is 5.02 Å². The molecule has 19 heavy (non-hydrogen) atoms. The van der Waals surface area contributed by atoms with Gasteiger partial charge < -0.3 is 9.84 Å². The number of amides is 1. The molecular formula is C14H15ClN2O2. The molecule has 0 atom stereocenters. The van der Waals surface area contributed by atoms with Gasteiger partial charge in [-0.3, -0.25) is 4.79 Å². The van der Waals surface area contributed by atoms with Crippen molar-refractivity contribution in [1.29, 1.82) is 0 Å². The molecule has 4 nitrogen and oxygen atoms in total. The van der Waals surface area contributed by atoms with Crippen LogP contribution in [0.15, 0.2) is 34.9 Å². The van der Waals surface area contributed by atoms with Crippen LogP contribution in [0.25, 0.3) is 0 Å². The molecule has 5 heteroatoms. The van der Waals surface area contributed by atoms with Crippen LogP contribution < -0.4 is 5.32 Å². The van der Waals surface area contributed by atoms with Crippen molar-refractivity contribution >= 4 is 23.3 Å². The maximum Gasteiger partial charge on any atom is 0.235 e. The van der Waals surface area contributed by atoms with Gasteiger partial charge in [-0.05, 0) is 32.4 Å². The summed E-state index contributed by atoms with van der Waals surface area (Å²) in [6.07, 6.45) is 0. The first-order valence-electron chi connectivity index (χ1n) is 5.91. The van der Waals surface area contributed by atoms with E-state index in [9.17, 15) is 4.79 Å². The average molecular weight is 279 g/mol. The van der Waals surface area contributed by atoms with E-state index in [1.165, 1.54) is 0 Å². The highest BCUT2D eigenvalue weighted by Crippen LogP contribution is 2.30. The summed E-state index contributed by atoms with van der Waals surface area (Å²) in [5.41, 5.74) is 0.0138. The fourth-order valence-corrected chi connectivity index (χ4v) is 2.16. The number of anilines is 1. The maximum absolute atomic E-state index is 12.3. The minimum absolute atomic E-state index is 0.186. The molecule has 0 saturated heterocycles. The van der Waals surface area contributed by atoms with Gasteiger partial charge in [0, 0.05) is 11.1 Å². The number of carbonyl (C=O) groups is 1. The Morgan fingerprint density at radius 1 is 1.37 bits per heavy atom. The Hall–Kier alpha value is -1.81. The van der Waals surface area contributed by atoms with Crippen molar-refractivity contribution in [2.75, 3.05) is 5.32 Å². The first-order valence-corrected chi connectivity index (χ1v) is 6.29. The third kappa shape index (κ3) is 2.79. The first kappa shape index (κ1) is 13.6. The topological polar surface area (TPSA) is 55.1 Å². The number of halogens is 1. The second kappa shape index (κ2) is 5.05. The van der Waals surface area contributed by atoms with Gasteiger partial charge >= 0.3 is 0 Å². The van der Waals surface area contributed by atoms with Gasteiger partial charge in [0.25, 0.3) is 0 Å². The lowest BCUT2D eigenvalue weighted by Gasteiger charge is -2.24. The largest absolute Gasteiger partial charge is 0.360 e. The number of aromatic nitrogens is 1. The Morgan fingerprint density at radius 3 is 2.63 bits per heavy atom. The van der Waals surface area contributed by atoms with Gasteiger partial charge in [-0.1, -0.05) is 35.0 Å². The average Bonchev–Trinajstić information content (AvgIpc) is 2.75. The van der Waals surface area contributed by atoms with Gasteiger partial charge in [0.05, 0.1) is 5.41 Å². The van der Waals surface area contributed by atoms with Crippen molar-refractivity contribution in [2.45, 2.75) is 26.2 Å². The molecule has 2 rings (SSSR count). The van der Waals surface area contributed by atoms with E-state index in [0.29, 0.717) is 16.6 Å². The van der Waals surface area contributed by atoms with E-state index in [1.54, 1.807) is 19.1 Å². The first-order chi connectivity index (χ1) is 8.91. The van der Waals surface area contributed by atoms with E-state index >= 15 is 0 Å². The van der Waals surface area contributed by atoms with Crippen LogP contribution in [0.4, 0.5) is 5.82 Å². The number of aryl methyl sites for hydroxylation is 1. The number of carbonyl (C=O) groups excluding carboxylic acids is 1. The lowest BCUT2D eigenvalue weighted by molar-refractivity contribution is -0.120. The molecule has 1 heterocycles. The minimum atomic E-state index is -0.759. The summed E-state index contributed by atoms with van der Waals surface area (Å²) in [7, 11) is 0. The van der Waals surface area contributed by atoms with Gasteiger partial charge in [0.2, 0.25) is 5.91 Å². The molecule has 1 amide bonds. The molecule has 0 radical (unpaired) electrons. The number of rotatable bonds is 3. The Bertz CT molecular complexity index is 605. The summed E-state index contributed by atoms with van der Waals surface area (Å²) in [6.45, 7) is 5.40. The smallest absolute Gasteiger partial charge is 0.235 e. The van der Waals surface area contributed by atoms with Crippen LogP contribution in [0.5, 0.6) is 0 Å². The van der Waals surface area contributed by atoms with Crippen molar-refractivity contribution in [2.24, 2.45) is 0 Å². The number of hydrogen-bond donors (Lipinski definition) is 1. The number of hydrogen-bond acceptors (Lipinski definition) is 3. The summed E-state index contributed by atoms with van der Waals surface area (Å²) < 4.78 is 4.92. The SMILES string of the molecule is Cc1cc(NC(=O)C(C)(C)c2ccccc2Cl)no1. The minimum Gasteiger partial charge on any atom is -0.360 e. The van der Waals surface area contributed by atoms with Crippen molar-refractivity contribution in [3.63, 3.8) is 0 Å². The van der Waals surface area contributed by atoms with Gasteiger partial charge in [-0.25, -0.2) is 0 Å². The van der Waals surface area contributed by atoms with Crippen LogP contribution in [0, 0.1) is 6.92 Å². The van der Waals surface area contributed by atoms with Gasteiger partial charge in [-0.15, -0.1) is 0 Å². The molecule has 0 fully saturated rings. The predicted octanol–water partition coefficient (Wildman–Crippen LogP) is 3.55. The molecule has 0 aliphatic heterocycles. The fourth-order valence-electron chi connectivity index (χ4n) is 1.79. The highest BCUT2D eigenvalue weighted by atomic mass is 35.5. The second-order valence-electron chi connectivity index (χ2n) is 4.88. The third-order valence-electron chi connectivity index (χ3n) is 2.98. The van der Waals surface area contributed by atoms with Crippen molar-refractivity contribution < 1.29 is 9.32 Å². The second-order valence-corrected chi connectivity index (χ2v) is 5.29. The van der Waals surface area contributed by atoms with Crippen LogP contribution in [-0.4, -0.2) is 11.1 Å². The van der Waals surface area contributed by atoms with Crippen molar-refractivity contribution in [3.05, 3.63) is 46.7 Å². The van der Waals surface area contributed by atoms with E-state index in [1.807, 2.05) is 32.0 Å². The van der Waals surface area contributed by atoms with Gasteiger partial charge in [-0.2, -0.15) is 0 Å². The monoisotopic (exact) mass is 278 g/mol. The summed E-state index contributed by atoms with van der Waals surface area (Å²) in [6, 6.07) is 8.97. The molecule has 0 aliphatic rings. The van der Waals surface area contributed by atoms with Crippen LogP contribution in [0.3, 0.4) is 0 Å². The third-order valence-corrected chi connectivity index (χ3v) is 3.31. The Kier molecular flexibility index (Phi) is 3.62. The van der Waals surface area contributed by atoms with Crippen LogP contribution in [0.1, 0.15) is 25.2 Å². The number of nitrogens with zero attached hydrogens (tertiary/aromatic N) is 1. The Morgan fingerprint density at radius 2 is 2.05 bits per heavy atom. The van der Waals surface area contributed by atoms with E-state index in [4.69, 9.17) is 16.1 Å². The molecule has 1 N–H and O–H groups in total. The molecule has 0 spiro atoms. The molecule has 1 aromatic carbocycles. The molecule has 0 aliphatic carbocycles. The van der Waals surface area contributed by atoms with Crippen molar-refractivity contribution in [1.82, 2.24) is 5.16 Å². The highest BCUT2D eigenvalue weighted by molar-refractivity contribution is 6.31. The normalized spacial score (nSPS) is 11.4. The maximum atomic E-state index is 12.3. The zero-order valence-corrected chi connectivity index (χ0v) is 11.8. The lowest BCUT2D eigenvalue weighted by atomic mass is 9.83. The molecule has 100 valence electrons. The summed E-state index contributed by atoms with van der Waals surface area (Å²) in [5, 5.41) is 7.04. The highest BCUT2D eigenvalue weighted by Gasteiger charge is 2.32. The van der Waals surface area contributed by atoms with E-state index in [-0.39, 0.29) is 5.91 Å². The van der Waals surface area contributed by atoms with E-state index < -0.39 is 5.41 Å². The number of benzene rings is 1. The zero-order valence-electron chi connectivity index (χ0n) is 11.0. The molecule has 0 unspecified atom stereocenters. The predicted molar refractivity (Wildman–Crippen MR) is 74.3 cm³/mol. The number of nitrogens with one attached hydrogen (secondary N) is 1. The lowest BCUT2D eigenvalue weighted by Crippen LogP contribution is -2.35. The molecule has 2 aromatic rings. The quantitative estimate of drug-likeness (QED) is 0.934. The molecule has 0 saturated carbocycles. The summed E-state index contributed by atoms with van der Waals surface area (Å²) >= 11 is 6.15. The van der Waals surface area contributed by atoms with Crippen LogP contribution in [-0.2, 0) is 10.2 Å². The standard InChI is InChI=1S/C14H15ClN2O2/c1-9-8-12(17-19-9)16-13(18)14(2,3)10-6-4-5-7-11(10)15/h4-8H,1-3H3,(H,16,17,18). The van der Waals surface area contributed by atoms with Crippen molar-refractivity contribution in [3.8, 4) is 0 Å². The van der Waals surface area contributed by atoms with E-state index in [2.05, 4.69) is 10.5 Å². The summed E-state index contributed by atoms with van der Waals surface area (Å²) in [5.74, 6) is 0.863. The molecule has 1 aromatic heterocycles. The van der Waals surface area contributed by atoms with Gasteiger partial charge in [0.1, 0.15) is 5.76 Å². The Labute approximate surface area is 116 Å². The fraction of sp³-hybridized carbons (Fsp3) is 0.286. The zero-order chi connectivity index (χ0) is 14.0. The van der Waals surface area contributed by atoms with Gasteiger partial charge in [0.15, 0.2) is 5.82 Å².